The summed E-state index contributed by atoms with van der Waals surface area (Å²) in [6.07, 6.45) is 4.48. The lowest BCUT2D eigenvalue weighted by Crippen LogP contribution is -2.28. The molecule has 1 heterocycles. The van der Waals surface area contributed by atoms with Gasteiger partial charge in [-0.2, -0.15) is 0 Å². The molecule has 0 aromatic heterocycles. The van der Waals surface area contributed by atoms with E-state index in [0.717, 1.165) is 36.3 Å². The van der Waals surface area contributed by atoms with Crippen molar-refractivity contribution in [1.82, 2.24) is 0 Å². The van der Waals surface area contributed by atoms with Crippen LogP contribution in [0.2, 0.25) is 5.02 Å². The van der Waals surface area contributed by atoms with E-state index in [1.54, 1.807) is 0 Å². The second-order valence-electron chi connectivity index (χ2n) is 5.41. The van der Waals surface area contributed by atoms with Gasteiger partial charge in [-0.15, -0.1) is 0 Å². The largest absolute Gasteiger partial charge is 0.394 e. The highest BCUT2D eigenvalue weighted by atomic mass is 35.5. The standard InChI is InChI=1S/C15H19ClO3/c16-12-6-2-1-5-11(12)9-13-14(10-17)19-15(18-13)7-3-4-8-15/h1-2,5-6,13-14,17H,3-4,7-10H2/t13-,14-/m0/s1. The third-order valence-corrected chi connectivity index (χ3v) is 4.44. The molecule has 1 aliphatic heterocycles. The van der Waals surface area contributed by atoms with Crippen LogP contribution in [0.15, 0.2) is 24.3 Å². The van der Waals surface area contributed by atoms with E-state index >= 15 is 0 Å². The lowest BCUT2D eigenvalue weighted by atomic mass is 10.0. The molecule has 0 amide bonds. The van der Waals surface area contributed by atoms with E-state index in [4.69, 9.17) is 21.1 Å². The number of benzene rings is 1. The molecule has 19 heavy (non-hydrogen) atoms. The average molecular weight is 283 g/mol. The third-order valence-electron chi connectivity index (χ3n) is 4.07. The van der Waals surface area contributed by atoms with Crippen LogP contribution in [0.4, 0.5) is 0 Å². The normalized spacial score (nSPS) is 29.2. The molecule has 2 fully saturated rings. The first-order valence-electron chi connectivity index (χ1n) is 6.92. The van der Waals surface area contributed by atoms with Crippen molar-refractivity contribution in [3.05, 3.63) is 34.9 Å². The first kappa shape index (κ1) is 13.4. The predicted octanol–water partition coefficient (Wildman–Crippen LogP) is 2.93. The Hall–Kier alpha value is -0.610. The van der Waals surface area contributed by atoms with Gasteiger partial charge in [-0.05, 0) is 24.5 Å². The van der Waals surface area contributed by atoms with Gasteiger partial charge in [0.15, 0.2) is 5.79 Å². The number of hydrogen-bond donors (Lipinski definition) is 1. The molecule has 3 nitrogen and oxygen atoms in total. The van der Waals surface area contributed by atoms with Crippen LogP contribution >= 0.6 is 11.6 Å². The molecule has 2 atom stereocenters. The Morgan fingerprint density at radius 2 is 1.84 bits per heavy atom. The first-order chi connectivity index (χ1) is 9.22. The van der Waals surface area contributed by atoms with Gasteiger partial charge >= 0.3 is 0 Å². The second-order valence-corrected chi connectivity index (χ2v) is 5.82. The van der Waals surface area contributed by atoms with Crippen molar-refractivity contribution in [2.24, 2.45) is 0 Å². The Morgan fingerprint density at radius 3 is 2.53 bits per heavy atom. The van der Waals surface area contributed by atoms with Gasteiger partial charge < -0.3 is 14.6 Å². The molecule has 0 unspecified atom stereocenters. The summed E-state index contributed by atoms with van der Waals surface area (Å²) in [7, 11) is 0. The van der Waals surface area contributed by atoms with Gasteiger partial charge in [-0.1, -0.05) is 29.8 Å². The lowest BCUT2D eigenvalue weighted by molar-refractivity contribution is -0.171. The molecule has 1 saturated heterocycles. The van der Waals surface area contributed by atoms with Gasteiger partial charge in [0, 0.05) is 24.3 Å². The van der Waals surface area contributed by atoms with Crippen molar-refractivity contribution in [2.75, 3.05) is 6.61 Å². The van der Waals surface area contributed by atoms with E-state index in [9.17, 15) is 5.11 Å². The van der Waals surface area contributed by atoms with Crippen molar-refractivity contribution < 1.29 is 14.6 Å². The van der Waals surface area contributed by atoms with Crippen molar-refractivity contribution in [3.63, 3.8) is 0 Å². The van der Waals surface area contributed by atoms with Gasteiger partial charge in [-0.3, -0.25) is 0 Å². The fraction of sp³-hybridized carbons (Fsp3) is 0.600. The third kappa shape index (κ3) is 2.65. The Labute approximate surface area is 118 Å². The van der Waals surface area contributed by atoms with Crippen molar-refractivity contribution >= 4 is 11.6 Å². The van der Waals surface area contributed by atoms with Gasteiger partial charge in [0.25, 0.3) is 0 Å². The summed E-state index contributed by atoms with van der Waals surface area (Å²) < 4.78 is 12.1. The molecule has 1 N–H and O–H groups in total. The smallest absolute Gasteiger partial charge is 0.169 e. The highest BCUT2D eigenvalue weighted by Gasteiger charge is 2.48. The zero-order chi connectivity index (χ0) is 13.3. The van der Waals surface area contributed by atoms with Crippen LogP contribution in [0.25, 0.3) is 0 Å². The molecule has 1 aromatic carbocycles. The number of rotatable bonds is 3. The summed E-state index contributed by atoms with van der Waals surface area (Å²) in [4.78, 5) is 0. The van der Waals surface area contributed by atoms with E-state index in [1.165, 1.54) is 0 Å². The summed E-state index contributed by atoms with van der Waals surface area (Å²) in [6.45, 7) is -0.00311. The van der Waals surface area contributed by atoms with E-state index < -0.39 is 5.79 Å². The number of hydrogen-bond acceptors (Lipinski definition) is 3. The topological polar surface area (TPSA) is 38.7 Å². The fourth-order valence-corrected chi connectivity index (χ4v) is 3.30. The molecule has 0 bridgehead atoms. The van der Waals surface area contributed by atoms with Crippen LogP contribution < -0.4 is 0 Å². The Bertz CT molecular complexity index is 443. The summed E-state index contributed by atoms with van der Waals surface area (Å²) in [5, 5.41) is 10.2. The lowest BCUT2D eigenvalue weighted by Gasteiger charge is -2.22. The van der Waals surface area contributed by atoms with Crippen LogP contribution in [-0.2, 0) is 15.9 Å². The number of ether oxygens (including phenoxy) is 2. The minimum atomic E-state index is -0.445. The van der Waals surface area contributed by atoms with Gasteiger partial charge in [0.1, 0.15) is 6.10 Å². The van der Waals surface area contributed by atoms with Crippen molar-refractivity contribution in [2.45, 2.75) is 50.1 Å². The minimum absolute atomic E-state index is 0.00311. The molecule has 0 radical (unpaired) electrons. The van der Waals surface area contributed by atoms with E-state index in [-0.39, 0.29) is 18.8 Å². The highest BCUT2D eigenvalue weighted by molar-refractivity contribution is 6.31. The maximum atomic E-state index is 9.49. The van der Waals surface area contributed by atoms with Crippen molar-refractivity contribution in [3.8, 4) is 0 Å². The molecule has 1 aromatic rings. The Morgan fingerprint density at radius 1 is 1.16 bits per heavy atom. The maximum Gasteiger partial charge on any atom is 0.169 e. The fourth-order valence-electron chi connectivity index (χ4n) is 3.09. The molecule has 1 aliphatic carbocycles. The van der Waals surface area contributed by atoms with Crippen LogP contribution in [0.1, 0.15) is 31.2 Å². The first-order valence-corrected chi connectivity index (χ1v) is 7.30. The SMILES string of the molecule is OC[C@@H]1OC2(CCCC2)O[C@H]1Cc1ccccc1Cl. The van der Waals surface area contributed by atoms with Crippen LogP contribution in [0.3, 0.4) is 0 Å². The molecule has 3 rings (SSSR count). The summed E-state index contributed by atoms with van der Waals surface area (Å²) in [5.74, 6) is -0.445. The minimum Gasteiger partial charge on any atom is -0.394 e. The second kappa shape index (κ2) is 5.41. The zero-order valence-electron chi connectivity index (χ0n) is 10.8. The van der Waals surface area contributed by atoms with Crippen LogP contribution in [0.5, 0.6) is 0 Å². The van der Waals surface area contributed by atoms with Gasteiger partial charge in [0.05, 0.1) is 12.7 Å². The highest BCUT2D eigenvalue weighted by Crippen LogP contribution is 2.42. The molecular weight excluding hydrogens is 264 g/mol. The predicted molar refractivity (Wildman–Crippen MR) is 73.2 cm³/mol. The Kier molecular flexibility index (Phi) is 3.81. The summed E-state index contributed by atoms with van der Waals surface area (Å²) in [5.41, 5.74) is 1.05. The molecule has 4 heteroatoms. The summed E-state index contributed by atoms with van der Waals surface area (Å²) >= 11 is 6.19. The maximum absolute atomic E-state index is 9.49. The number of aliphatic hydroxyl groups excluding tert-OH is 1. The van der Waals surface area contributed by atoms with Crippen molar-refractivity contribution in [1.29, 1.82) is 0 Å². The monoisotopic (exact) mass is 282 g/mol. The number of halogens is 1. The average Bonchev–Trinajstić information content (AvgIpc) is 3.00. The summed E-state index contributed by atoms with van der Waals surface area (Å²) in [6, 6.07) is 7.77. The van der Waals surface area contributed by atoms with Crippen LogP contribution in [-0.4, -0.2) is 29.7 Å². The number of aliphatic hydroxyl groups is 1. The molecule has 1 saturated carbocycles. The van der Waals surface area contributed by atoms with E-state index in [2.05, 4.69) is 0 Å². The molecule has 104 valence electrons. The molecular formula is C15H19ClO3. The molecule has 1 spiro atoms. The van der Waals surface area contributed by atoms with Gasteiger partial charge in [0.2, 0.25) is 0 Å². The Balaban J connectivity index is 1.75. The zero-order valence-corrected chi connectivity index (χ0v) is 11.6. The van der Waals surface area contributed by atoms with E-state index in [0.29, 0.717) is 6.42 Å². The quantitative estimate of drug-likeness (QED) is 0.926. The van der Waals surface area contributed by atoms with E-state index in [1.807, 2.05) is 24.3 Å². The van der Waals surface area contributed by atoms with Crippen LogP contribution in [0, 0.1) is 0 Å². The molecule has 2 aliphatic rings. The van der Waals surface area contributed by atoms with Gasteiger partial charge in [-0.25, -0.2) is 0 Å².